The van der Waals surface area contributed by atoms with Crippen LogP contribution in [-0.4, -0.2) is 24.9 Å². The van der Waals surface area contributed by atoms with E-state index in [-0.39, 0.29) is 19.0 Å². The van der Waals surface area contributed by atoms with Gasteiger partial charge < -0.3 is 15.2 Å². The van der Waals surface area contributed by atoms with Crippen LogP contribution in [0, 0.1) is 0 Å². The van der Waals surface area contributed by atoms with Gasteiger partial charge in [0.1, 0.15) is 5.75 Å². The molecule has 0 atom stereocenters. The van der Waals surface area contributed by atoms with Crippen molar-refractivity contribution in [1.82, 2.24) is 5.32 Å². The highest BCUT2D eigenvalue weighted by molar-refractivity contribution is 6.35. The van der Waals surface area contributed by atoms with E-state index in [1.54, 1.807) is 6.07 Å². The zero-order chi connectivity index (χ0) is 12.0. The van der Waals surface area contributed by atoms with Crippen LogP contribution in [0.25, 0.3) is 0 Å². The van der Waals surface area contributed by atoms with Crippen molar-refractivity contribution in [3.05, 3.63) is 27.7 Å². The number of hydrogen-bond acceptors (Lipinski definition) is 3. The fourth-order valence-corrected chi connectivity index (χ4v) is 1.94. The molecule has 1 aromatic carbocycles. The number of aliphatic hydroxyl groups is 1. The zero-order valence-corrected chi connectivity index (χ0v) is 11.8. The normalized spacial score (nSPS) is 9.88. The Morgan fingerprint density at radius 1 is 1.35 bits per heavy atom. The van der Waals surface area contributed by atoms with E-state index < -0.39 is 0 Å². The SMILES string of the molecule is CCOc1c(Cl)cc(Cl)cc1CNCCO.Cl. The molecular weight excluding hydrogens is 284 g/mol. The molecular formula is C11H16Cl3NO2. The summed E-state index contributed by atoms with van der Waals surface area (Å²) in [7, 11) is 0. The maximum atomic E-state index is 8.68. The topological polar surface area (TPSA) is 41.5 Å². The number of rotatable bonds is 6. The van der Waals surface area contributed by atoms with Crippen LogP contribution in [0.2, 0.25) is 10.0 Å². The summed E-state index contributed by atoms with van der Waals surface area (Å²) >= 11 is 12.0. The van der Waals surface area contributed by atoms with Crippen molar-refractivity contribution in [2.75, 3.05) is 19.8 Å². The second-order valence-electron chi connectivity index (χ2n) is 3.21. The van der Waals surface area contributed by atoms with Gasteiger partial charge in [-0.2, -0.15) is 0 Å². The van der Waals surface area contributed by atoms with Crippen LogP contribution in [0.1, 0.15) is 12.5 Å². The second-order valence-corrected chi connectivity index (χ2v) is 4.05. The molecule has 0 saturated heterocycles. The van der Waals surface area contributed by atoms with Crippen LogP contribution in [0.3, 0.4) is 0 Å². The van der Waals surface area contributed by atoms with Gasteiger partial charge in [0.15, 0.2) is 0 Å². The lowest BCUT2D eigenvalue weighted by molar-refractivity contribution is 0.290. The first-order chi connectivity index (χ1) is 7.69. The maximum Gasteiger partial charge on any atom is 0.142 e. The molecule has 2 N–H and O–H groups in total. The highest BCUT2D eigenvalue weighted by Crippen LogP contribution is 2.32. The number of hydrogen-bond donors (Lipinski definition) is 2. The molecule has 3 nitrogen and oxygen atoms in total. The van der Waals surface area contributed by atoms with E-state index in [0.29, 0.717) is 35.5 Å². The third-order valence-electron chi connectivity index (χ3n) is 1.98. The molecule has 1 aromatic rings. The van der Waals surface area contributed by atoms with E-state index in [1.807, 2.05) is 13.0 Å². The summed E-state index contributed by atoms with van der Waals surface area (Å²) in [5.74, 6) is 0.652. The van der Waals surface area contributed by atoms with Crippen LogP contribution in [-0.2, 0) is 6.54 Å². The molecule has 0 unspecified atom stereocenters. The van der Waals surface area contributed by atoms with Gasteiger partial charge in [-0.05, 0) is 19.1 Å². The van der Waals surface area contributed by atoms with Gasteiger partial charge in [0, 0.05) is 23.7 Å². The van der Waals surface area contributed by atoms with Crippen molar-refractivity contribution >= 4 is 35.6 Å². The van der Waals surface area contributed by atoms with Crippen molar-refractivity contribution < 1.29 is 9.84 Å². The van der Waals surface area contributed by atoms with E-state index in [9.17, 15) is 0 Å². The van der Waals surface area contributed by atoms with E-state index >= 15 is 0 Å². The summed E-state index contributed by atoms with van der Waals surface area (Å²) in [6.07, 6.45) is 0. The fraction of sp³-hybridized carbons (Fsp3) is 0.455. The van der Waals surface area contributed by atoms with Crippen molar-refractivity contribution in [3.63, 3.8) is 0 Å². The Bertz CT molecular complexity index is 348. The summed E-state index contributed by atoms with van der Waals surface area (Å²) in [6.45, 7) is 3.63. The van der Waals surface area contributed by atoms with Crippen molar-refractivity contribution in [2.24, 2.45) is 0 Å². The summed E-state index contributed by atoms with van der Waals surface area (Å²) in [4.78, 5) is 0. The predicted octanol–water partition coefficient (Wildman–Crippen LogP) is 2.90. The lowest BCUT2D eigenvalue weighted by atomic mass is 10.2. The van der Waals surface area contributed by atoms with Gasteiger partial charge in [-0.25, -0.2) is 0 Å². The molecule has 1 rings (SSSR count). The average Bonchev–Trinajstić information content (AvgIpc) is 2.23. The third-order valence-corrected chi connectivity index (χ3v) is 2.48. The van der Waals surface area contributed by atoms with Gasteiger partial charge >= 0.3 is 0 Å². The average molecular weight is 301 g/mol. The molecule has 0 aliphatic heterocycles. The summed E-state index contributed by atoms with van der Waals surface area (Å²) in [6, 6.07) is 3.46. The van der Waals surface area contributed by atoms with E-state index in [2.05, 4.69) is 5.32 Å². The molecule has 0 aliphatic carbocycles. The highest BCUT2D eigenvalue weighted by Gasteiger charge is 2.09. The van der Waals surface area contributed by atoms with Crippen LogP contribution < -0.4 is 10.1 Å². The van der Waals surface area contributed by atoms with Crippen LogP contribution in [0.5, 0.6) is 5.75 Å². The molecule has 0 aliphatic rings. The maximum absolute atomic E-state index is 8.68. The number of nitrogens with one attached hydrogen (secondary N) is 1. The van der Waals surface area contributed by atoms with Gasteiger partial charge in [0.25, 0.3) is 0 Å². The largest absolute Gasteiger partial charge is 0.492 e. The first kappa shape index (κ1) is 16.8. The minimum atomic E-state index is 0. The Morgan fingerprint density at radius 3 is 2.65 bits per heavy atom. The van der Waals surface area contributed by atoms with Gasteiger partial charge in [0.2, 0.25) is 0 Å². The summed E-state index contributed by atoms with van der Waals surface area (Å²) < 4.78 is 5.46. The van der Waals surface area contributed by atoms with E-state index in [1.165, 1.54) is 0 Å². The molecule has 0 saturated carbocycles. The Hall–Kier alpha value is -0.190. The van der Waals surface area contributed by atoms with Crippen molar-refractivity contribution in [1.29, 1.82) is 0 Å². The lowest BCUT2D eigenvalue weighted by Gasteiger charge is -2.13. The molecule has 6 heteroatoms. The zero-order valence-electron chi connectivity index (χ0n) is 9.50. The van der Waals surface area contributed by atoms with Crippen LogP contribution in [0.15, 0.2) is 12.1 Å². The molecule has 0 radical (unpaired) electrons. The van der Waals surface area contributed by atoms with Crippen molar-refractivity contribution in [3.8, 4) is 5.75 Å². The minimum Gasteiger partial charge on any atom is -0.492 e. The van der Waals surface area contributed by atoms with Crippen LogP contribution >= 0.6 is 35.6 Å². The minimum absolute atomic E-state index is 0. The lowest BCUT2D eigenvalue weighted by Crippen LogP contribution is -2.18. The first-order valence-corrected chi connectivity index (χ1v) is 5.87. The number of ether oxygens (including phenoxy) is 1. The molecule has 0 spiro atoms. The quantitative estimate of drug-likeness (QED) is 0.794. The molecule has 17 heavy (non-hydrogen) atoms. The van der Waals surface area contributed by atoms with Gasteiger partial charge in [0.05, 0.1) is 18.2 Å². The number of aliphatic hydroxyl groups excluding tert-OH is 1. The Balaban J connectivity index is 0.00000256. The molecule has 0 heterocycles. The molecule has 0 aromatic heterocycles. The smallest absolute Gasteiger partial charge is 0.142 e. The Morgan fingerprint density at radius 2 is 2.06 bits per heavy atom. The Labute approximate surface area is 117 Å². The Kier molecular flexibility index (Phi) is 8.74. The number of halogens is 3. The number of benzene rings is 1. The molecule has 0 amide bonds. The highest BCUT2D eigenvalue weighted by atomic mass is 35.5. The molecule has 0 fully saturated rings. The first-order valence-electron chi connectivity index (χ1n) is 5.11. The van der Waals surface area contributed by atoms with Gasteiger partial charge in [-0.3, -0.25) is 0 Å². The molecule has 98 valence electrons. The van der Waals surface area contributed by atoms with Crippen LogP contribution in [0.4, 0.5) is 0 Å². The second kappa shape index (κ2) is 8.84. The summed E-state index contributed by atoms with van der Waals surface area (Å²) in [5, 5.41) is 12.8. The van der Waals surface area contributed by atoms with Gasteiger partial charge in [-0.1, -0.05) is 23.2 Å². The van der Waals surface area contributed by atoms with E-state index in [0.717, 1.165) is 5.56 Å². The summed E-state index contributed by atoms with van der Waals surface area (Å²) in [5.41, 5.74) is 0.896. The van der Waals surface area contributed by atoms with Gasteiger partial charge in [-0.15, -0.1) is 12.4 Å². The fourth-order valence-electron chi connectivity index (χ4n) is 1.35. The standard InChI is InChI=1S/C11H15Cl2NO2.ClH/c1-2-16-11-8(7-14-3-4-15)5-9(12)6-10(11)13;/h5-6,14-15H,2-4,7H2,1H3;1H. The monoisotopic (exact) mass is 299 g/mol. The van der Waals surface area contributed by atoms with E-state index in [4.69, 9.17) is 33.0 Å². The third kappa shape index (κ3) is 5.32. The molecule has 0 bridgehead atoms. The predicted molar refractivity (Wildman–Crippen MR) is 73.7 cm³/mol. The van der Waals surface area contributed by atoms with Crippen molar-refractivity contribution in [2.45, 2.75) is 13.5 Å².